The molecule has 0 aromatic heterocycles. The van der Waals surface area contributed by atoms with Gasteiger partial charge >= 0.3 is 0 Å². The van der Waals surface area contributed by atoms with E-state index in [0.29, 0.717) is 6.04 Å². The first-order chi connectivity index (χ1) is 8.83. The summed E-state index contributed by atoms with van der Waals surface area (Å²) in [6.07, 6.45) is 13.4. The highest BCUT2D eigenvalue weighted by atomic mass is 32.1. The molecule has 1 atom stereocenters. The van der Waals surface area contributed by atoms with E-state index in [-0.39, 0.29) is 0 Å². The van der Waals surface area contributed by atoms with Crippen LogP contribution in [0.4, 0.5) is 0 Å². The lowest BCUT2D eigenvalue weighted by Crippen LogP contribution is -2.49. The van der Waals surface area contributed by atoms with Gasteiger partial charge in [0, 0.05) is 11.7 Å². The van der Waals surface area contributed by atoms with Crippen molar-refractivity contribution in [3.05, 3.63) is 23.4 Å². The van der Waals surface area contributed by atoms with Gasteiger partial charge in [0.25, 0.3) is 0 Å². The first-order valence-corrected chi connectivity index (χ1v) is 7.46. The topological polar surface area (TPSA) is 36.1 Å². The Kier molecular flexibility index (Phi) is 3.55. The van der Waals surface area contributed by atoms with Gasteiger partial charge in [0.1, 0.15) is 0 Å². The normalized spacial score (nSPS) is 26.6. The smallest absolute Gasteiger partial charge is 0.185 e. The second-order valence-corrected chi connectivity index (χ2v) is 5.94. The van der Waals surface area contributed by atoms with Crippen LogP contribution in [-0.2, 0) is 0 Å². The maximum Gasteiger partial charge on any atom is 0.185 e. The van der Waals surface area contributed by atoms with Crippen molar-refractivity contribution < 1.29 is 0 Å². The van der Waals surface area contributed by atoms with E-state index in [0.717, 1.165) is 17.5 Å². The predicted octanol–water partition coefficient (Wildman–Crippen LogP) is 2.52. The third kappa shape index (κ3) is 2.53. The Balaban J connectivity index is 1.42. The SMILES string of the molecule is S=C(NNC1=C2C=CC[C@@H]2C1)NC1CCCCC1. The van der Waals surface area contributed by atoms with Gasteiger partial charge < -0.3 is 10.7 Å². The van der Waals surface area contributed by atoms with E-state index < -0.39 is 0 Å². The van der Waals surface area contributed by atoms with Crippen molar-refractivity contribution in [2.24, 2.45) is 5.92 Å². The van der Waals surface area contributed by atoms with Gasteiger partial charge in [-0.2, -0.15) is 0 Å². The van der Waals surface area contributed by atoms with Crippen LogP contribution in [0.5, 0.6) is 0 Å². The Labute approximate surface area is 114 Å². The second kappa shape index (κ2) is 5.31. The number of rotatable bonds is 3. The van der Waals surface area contributed by atoms with Crippen molar-refractivity contribution in [1.82, 2.24) is 16.2 Å². The van der Waals surface area contributed by atoms with Crippen LogP contribution in [0.3, 0.4) is 0 Å². The fraction of sp³-hybridized carbons (Fsp3) is 0.643. The van der Waals surface area contributed by atoms with Crippen LogP contribution in [0.1, 0.15) is 44.9 Å². The third-order valence-corrected chi connectivity index (χ3v) is 4.44. The summed E-state index contributed by atoms with van der Waals surface area (Å²) in [5.41, 5.74) is 9.15. The Morgan fingerprint density at radius 3 is 2.83 bits per heavy atom. The number of thiocarbonyl (C=S) groups is 1. The molecule has 3 rings (SSSR count). The van der Waals surface area contributed by atoms with E-state index in [9.17, 15) is 0 Å². The zero-order chi connectivity index (χ0) is 12.4. The molecule has 3 N–H and O–H groups in total. The molecule has 1 fully saturated rings. The minimum Gasteiger partial charge on any atom is -0.359 e. The number of hydrazine groups is 1. The van der Waals surface area contributed by atoms with Crippen LogP contribution in [-0.4, -0.2) is 11.2 Å². The van der Waals surface area contributed by atoms with Crippen molar-refractivity contribution in [3.8, 4) is 0 Å². The molecule has 0 spiro atoms. The minimum absolute atomic E-state index is 0.568. The summed E-state index contributed by atoms with van der Waals surface area (Å²) >= 11 is 5.32. The fourth-order valence-electron chi connectivity index (χ4n) is 3.12. The van der Waals surface area contributed by atoms with Gasteiger partial charge in [-0.25, -0.2) is 0 Å². The van der Waals surface area contributed by atoms with Gasteiger partial charge in [-0.3, -0.25) is 5.43 Å². The van der Waals surface area contributed by atoms with E-state index >= 15 is 0 Å². The van der Waals surface area contributed by atoms with Gasteiger partial charge in [-0.1, -0.05) is 31.4 Å². The zero-order valence-corrected chi connectivity index (χ0v) is 11.5. The van der Waals surface area contributed by atoms with E-state index in [1.165, 1.54) is 49.8 Å². The highest BCUT2D eigenvalue weighted by Gasteiger charge is 2.30. The van der Waals surface area contributed by atoms with Crippen molar-refractivity contribution in [3.63, 3.8) is 0 Å². The summed E-state index contributed by atoms with van der Waals surface area (Å²) in [5.74, 6) is 0.772. The maximum atomic E-state index is 5.32. The van der Waals surface area contributed by atoms with E-state index in [2.05, 4.69) is 28.3 Å². The first-order valence-electron chi connectivity index (χ1n) is 7.05. The molecule has 0 aromatic carbocycles. The standard InChI is InChI=1S/C14H21N3S/c18-14(15-11-6-2-1-3-7-11)17-16-13-9-10-5-4-8-12(10)13/h4,8,10-11,16H,1-3,5-7,9H2,(H2,15,17,18)/t10-/m1/s1. The number of hydrogen-bond donors (Lipinski definition) is 3. The van der Waals surface area contributed by atoms with E-state index in [1.54, 1.807) is 0 Å². The number of nitrogens with one attached hydrogen (secondary N) is 3. The summed E-state index contributed by atoms with van der Waals surface area (Å²) in [6, 6.07) is 0.568. The molecule has 0 radical (unpaired) electrons. The molecule has 0 aliphatic heterocycles. The Morgan fingerprint density at radius 2 is 2.06 bits per heavy atom. The van der Waals surface area contributed by atoms with Crippen molar-refractivity contribution in [1.29, 1.82) is 0 Å². The highest BCUT2D eigenvalue weighted by Crippen LogP contribution is 2.40. The molecule has 1 saturated carbocycles. The fourth-order valence-corrected chi connectivity index (χ4v) is 3.34. The van der Waals surface area contributed by atoms with Crippen LogP contribution >= 0.6 is 12.2 Å². The van der Waals surface area contributed by atoms with E-state index in [1.807, 2.05) is 0 Å². The molecule has 3 aliphatic rings. The zero-order valence-electron chi connectivity index (χ0n) is 10.7. The maximum absolute atomic E-state index is 5.32. The van der Waals surface area contributed by atoms with Crippen molar-refractivity contribution >= 4 is 17.3 Å². The Hall–Kier alpha value is -1.03. The highest BCUT2D eigenvalue weighted by molar-refractivity contribution is 7.80. The lowest BCUT2D eigenvalue weighted by atomic mass is 9.84. The molecule has 4 heteroatoms. The van der Waals surface area contributed by atoms with Crippen molar-refractivity contribution in [2.75, 3.05) is 0 Å². The van der Waals surface area contributed by atoms with Crippen LogP contribution in [0.2, 0.25) is 0 Å². The summed E-state index contributed by atoms with van der Waals surface area (Å²) in [4.78, 5) is 0. The Bertz CT molecular complexity index is 394. The van der Waals surface area contributed by atoms with Crippen LogP contribution in [0, 0.1) is 5.92 Å². The molecular formula is C14H21N3S. The molecule has 98 valence electrons. The molecule has 0 unspecified atom stereocenters. The molecule has 0 heterocycles. The average Bonchev–Trinajstić information content (AvgIpc) is 2.72. The van der Waals surface area contributed by atoms with Gasteiger partial charge in [-0.15, -0.1) is 0 Å². The Morgan fingerprint density at radius 1 is 1.22 bits per heavy atom. The summed E-state index contributed by atoms with van der Waals surface area (Å²) in [5, 5.41) is 4.14. The van der Waals surface area contributed by atoms with Crippen LogP contribution in [0.25, 0.3) is 0 Å². The number of allylic oxidation sites excluding steroid dienone is 4. The molecule has 0 amide bonds. The molecule has 3 aliphatic carbocycles. The van der Waals surface area contributed by atoms with E-state index in [4.69, 9.17) is 12.2 Å². The minimum atomic E-state index is 0.568. The summed E-state index contributed by atoms with van der Waals surface area (Å²) in [6.45, 7) is 0. The quantitative estimate of drug-likeness (QED) is 0.540. The lowest BCUT2D eigenvalue weighted by molar-refractivity contribution is 0.410. The molecule has 18 heavy (non-hydrogen) atoms. The van der Waals surface area contributed by atoms with Gasteiger partial charge in [0.05, 0.1) is 0 Å². The molecule has 3 nitrogen and oxygen atoms in total. The number of fused-ring (bicyclic) bond motifs is 1. The average molecular weight is 263 g/mol. The molecule has 0 aromatic rings. The van der Waals surface area contributed by atoms with Gasteiger partial charge in [0.2, 0.25) is 0 Å². The van der Waals surface area contributed by atoms with Crippen molar-refractivity contribution in [2.45, 2.75) is 51.0 Å². The number of hydrogen-bond acceptors (Lipinski definition) is 2. The predicted molar refractivity (Wildman–Crippen MR) is 77.8 cm³/mol. The molecular weight excluding hydrogens is 242 g/mol. The third-order valence-electron chi connectivity index (χ3n) is 4.22. The van der Waals surface area contributed by atoms with Crippen LogP contribution in [0.15, 0.2) is 23.4 Å². The lowest BCUT2D eigenvalue weighted by Gasteiger charge is -2.30. The van der Waals surface area contributed by atoms with Gasteiger partial charge in [-0.05, 0) is 49.4 Å². The second-order valence-electron chi connectivity index (χ2n) is 5.53. The largest absolute Gasteiger partial charge is 0.359 e. The van der Waals surface area contributed by atoms with Crippen LogP contribution < -0.4 is 16.2 Å². The monoisotopic (exact) mass is 263 g/mol. The first kappa shape index (κ1) is 12.0. The summed E-state index contributed by atoms with van der Waals surface area (Å²) in [7, 11) is 0. The molecule has 0 saturated heterocycles. The van der Waals surface area contributed by atoms with Gasteiger partial charge in [0.15, 0.2) is 5.11 Å². The summed E-state index contributed by atoms with van der Waals surface area (Å²) < 4.78 is 0. The molecule has 0 bridgehead atoms.